The van der Waals surface area contributed by atoms with Crippen LogP contribution in [0.25, 0.3) is 0 Å². The quantitative estimate of drug-likeness (QED) is 0.882. The summed E-state index contributed by atoms with van der Waals surface area (Å²) >= 11 is 5.86. The van der Waals surface area contributed by atoms with Crippen LogP contribution in [0.5, 0.6) is 0 Å². The molecule has 1 saturated heterocycles. The normalized spacial score (nSPS) is 19.5. The molecule has 7 heteroatoms. The van der Waals surface area contributed by atoms with Gasteiger partial charge in [-0.25, -0.2) is 13.1 Å². The lowest BCUT2D eigenvalue weighted by atomic mass is 10.0. The summed E-state index contributed by atoms with van der Waals surface area (Å²) < 4.78 is 27.1. The average Bonchev–Trinajstić information content (AvgIpc) is 2.46. The van der Waals surface area contributed by atoms with Crippen molar-refractivity contribution in [3.63, 3.8) is 0 Å². The van der Waals surface area contributed by atoms with Gasteiger partial charge >= 0.3 is 0 Å². The number of hydrogen-bond acceptors (Lipinski definition) is 4. The van der Waals surface area contributed by atoms with Gasteiger partial charge in [-0.1, -0.05) is 17.7 Å². The zero-order chi connectivity index (χ0) is 14.6. The highest BCUT2D eigenvalue weighted by atomic mass is 35.5. The standard InChI is InChI=1S/C13H16ClN3O2S/c14-12-4-1-5-13(11(12)7-15)20(18,19)17-9-10-3-2-6-16-8-10/h1,4-5,10,16-17H,2-3,6,8-9H2. The zero-order valence-electron chi connectivity index (χ0n) is 10.9. The average molecular weight is 314 g/mol. The first kappa shape index (κ1) is 15.3. The van der Waals surface area contributed by atoms with Crippen molar-refractivity contribution in [2.45, 2.75) is 17.7 Å². The fourth-order valence-corrected chi connectivity index (χ4v) is 3.81. The SMILES string of the molecule is N#Cc1c(Cl)cccc1S(=O)(=O)NCC1CCCNC1. The van der Waals surface area contributed by atoms with Crippen molar-refractivity contribution >= 4 is 21.6 Å². The number of nitriles is 1. The maximum Gasteiger partial charge on any atom is 0.241 e. The number of halogens is 1. The van der Waals surface area contributed by atoms with E-state index in [9.17, 15) is 8.42 Å². The predicted molar refractivity (Wildman–Crippen MR) is 76.9 cm³/mol. The Balaban J connectivity index is 2.14. The Morgan fingerprint density at radius 3 is 2.95 bits per heavy atom. The monoisotopic (exact) mass is 313 g/mol. The van der Waals surface area contributed by atoms with E-state index in [0.29, 0.717) is 6.54 Å². The molecule has 1 aliphatic rings. The van der Waals surface area contributed by atoms with Gasteiger partial charge < -0.3 is 5.32 Å². The Morgan fingerprint density at radius 2 is 2.30 bits per heavy atom. The van der Waals surface area contributed by atoms with Gasteiger partial charge in [-0.3, -0.25) is 0 Å². The van der Waals surface area contributed by atoms with Crippen LogP contribution in [0, 0.1) is 17.2 Å². The number of rotatable bonds is 4. The van der Waals surface area contributed by atoms with Crippen molar-refractivity contribution in [3.05, 3.63) is 28.8 Å². The second kappa shape index (κ2) is 6.55. The maximum absolute atomic E-state index is 12.3. The molecule has 108 valence electrons. The van der Waals surface area contributed by atoms with E-state index in [4.69, 9.17) is 16.9 Å². The van der Waals surface area contributed by atoms with E-state index in [-0.39, 0.29) is 21.4 Å². The molecule has 20 heavy (non-hydrogen) atoms. The van der Waals surface area contributed by atoms with Crippen molar-refractivity contribution in [2.75, 3.05) is 19.6 Å². The first-order valence-electron chi connectivity index (χ1n) is 6.43. The van der Waals surface area contributed by atoms with Crippen molar-refractivity contribution in [2.24, 2.45) is 5.92 Å². The van der Waals surface area contributed by atoms with Crippen LogP contribution >= 0.6 is 11.6 Å². The largest absolute Gasteiger partial charge is 0.316 e. The number of nitrogens with zero attached hydrogens (tertiary/aromatic N) is 1. The van der Waals surface area contributed by atoms with Crippen LogP contribution in [0.4, 0.5) is 0 Å². The van der Waals surface area contributed by atoms with Gasteiger partial charge in [-0.05, 0) is 44.0 Å². The molecule has 1 aliphatic heterocycles. The molecule has 5 nitrogen and oxygen atoms in total. The van der Waals surface area contributed by atoms with Gasteiger partial charge in [0.2, 0.25) is 10.0 Å². The molecule has 2 N–H and O–H groups in total. The van der Waals surface area contributed by atoms with Crippen LogP contribution in [0.3, 0.4) is 0 Å². The second-order valence-electron chi connectivity index (χ2n) is 4.79. The summed E-state index contributed by atoms with van der Waals surface area (Å²) in [5, 5.41) is 12.4. The van der Waals surface area contributed by atoms with Crippen LogP contribution in [0.2, 0.25) is 5.02 Å². The first-order chi connectivity index (χ1) is 9.54. The van der Waals surface area contributed by atoms with Crippen LogP contribution in [-0.4, -0.2) is 28.1 Å². The molecule has 1 fully saturated rings. The molecule has 0 amide bonds. The topological polar surface area (TPSA) is 82.0 Å². The lowest BCUT2D eigenvalue weighted by Crippen LogP contribution is -2.38. The zero-order valence-corrected chi connectivity index (χ0v) is 12.5. The van der Waals surface area contributed by atoms with Crippen molar-refractivity contribution < 1.29 is 8.42 Å². The molecule has 0 saturated carbocycles. The van der Waals surface area contributed by atoms with Crippen molar-refractivity contribution in [3.8, 4) is 6.07 Å². The molecule has 1 aromatic carbocycles. The number of benzene rings is 1. The summed E-state index contributed by atoms with van der Waals surface area (Å²) in [6, 6.07) is 6.27. The predicted octanol–water partition coefficient (Wildman–Crippen LogP) is 1.49. The molecule has 0 aliphatic carbocycles. The molecule has 1 atom stereocenters. The molecular formula is C13H16ClN3O2S. The van der Waals surface area contributed by atoms with Crippen LogP contribution in [0.1, 0.15) is 18.4 Å². The first-order valence-corrected chi connectivity index (χ1v) is 8.29. The number of piperidine rings is 1. The lowest BCUT2D eigenvalue weighted by Gasteiger charge is -2.22. The molecule has 0 aromatic heterocycles. The smallest absolute Gasteiger partial charge is 0.241 e. The molecule has 0 radical (unpaired) electrons. The molecule has 0 bridgehead atoms. The van der Waals surface area contributed by atoms with Gasteiger partial charge in [0.25, 0.3) is 0 Å². The Hall–Kier alpha value is -1.13. The fraction of sp³-hybridized carbons (Fsp3) is 0.462. The van der Waals surface area contributed by atoms with E-state index >= 15 is 0 Å². The van der Waals surface area contributed by atoms with Gasteiger partial charge in [0, 0.05) is 6.54 Å². The summed E-state index contributed by atoms with van der Waals surface area (Å²) in [7, 11) is -3.71. The number of sulfonamides is 1. The molecule has 1 aromatic rings. The minimum absolute atomic E-state index is 0.0107. The highest BCUT2D eigenvalue weighted by Gasteiger charge is 2.22. The third-order valence-electron chi connectivity index (χ3n) is 3.34. The van der Waals surface area contributed by atoms with Gasteiger partial charge in [-0.15, -0.1) is 0 Å². The summed E-state index contributed by atoms with van der Waals surface area (Å²) in [5.74, 6) is 0.281. The summed E-state index contributed by atoms with van der Waals surface area (Å²) in [6.07, 6.45) is 2.04. The van der Waals surface area contributed by atoms with Gasteiger partial charge in [-0.2, -0.15) is 5.26 Å². The van der Waals surface area contributed by atoms with E-state index in [0.717, 1.165) is 25.9 Å². The Labute approximate surface area is 124 Å². The fourth-order valence-electron chi connectivity index (χ4n) is 2.24. The molecule has 1 heterocycles. The summed E-state index contributed by atoms with van der Waals surface area (Å²) in [6.45, 7) is 2.16. The number of hydrogen-bond donors (Lipinski definition) is 2. The lowest BCUT2D eigenvalue weighted by molar-refractivity contribution is 0.376. The minimum atomic E-state index is -3.71. The van der Waals surface area contributed by atoms with Crippen molar-refractivity contribution in [1.29, 1.82) is 5.26 Å². The minimum Gasteiger partial charge on any atom is -0.316 e. The Bertz CT molecular complexity index is 619. The Morgan fingerprint density at radius 1 is 1.50 bits per heavy atom. The molecular weight excluding hydrogens is 298 g/mol. The van der Waals surface area contributed by atoms with Gasteiger partial charge in [0.05, 0.1) is 10.6 Å². The van der Waals surface area contributed by atoms with Crippen LogP contribution < -0.4 is 10.0 Å². The van der Waals surface area contributed by atoms with E-state index in [1.807, 2.05) is 6.07 Å². The number of nitrogens with one attached hydrogen (secondary N) is 2. The maximum atomic E-state index is 12.3. The summed E-state index contributed by atoms with van der Waals surface area (Å²) in [4.78, 5) is -0.0590. The highest BCUT2D eigenvalue weighted by Crippen LogP contribution is 2.23. The molecule has 0 spiro atoms. The van der Waals surface area contributed by atoms with E-state index < -0.39 is 10.0 Å². The van der Waals surface area contributed by atoms with Crippen LogP contribution in [-0.2, 0) is 10.0 Å². The van der Waals surface area contributed by atoms with Gasteiger partial charge in [0.15, 0.2) is 0 Å². The third-order valence-corrected chi connectivity index (χ3v) is 5.12. The van der Waals surface area contributed by atoms with E-state index in [1.165, 1.54) is 18.2 Å². The second-order valence-corrected chi connectivity index (χ2v) is 6.93. The summed E-state index contributed by atoms with van der Waals surface area (Å²) in [5.41, 5.74) is -0.0107. The highest BCUT2D eigenvalue weighted by molar-refractivity contribution is 7.89. The van der Waals surface area contributed by atoms with Crippen LogP contribution in [0.15, 0.2) is 23.1 Å². The third kappa shape index (κ3) is 3.49. The van der Waals surface area contributed by atoms with Gasteiger partial charge in [0.1, 0.15) is 11.0 Å². The van der Waals surface area contributed by atoms with E-state index in [2.05, 4.69) is 10.0 Å². The van der Waals surface area contributed by atoms with Crippen molar-refractivity contribution in [1.82, 2.24) is 10.0 Å². The Kier molecular flexibility index (Phi) is 5.00. The molecule has 2 rings (SSSR count). The van der Waals surface area contributed by atoms with E-state index in [1.54, 1.807) is 0 Å². The molecule has 1 unspecified atom stereocenters.